The van der Waals surface area contributed by atoms with Gasteiger partial charge >= 0.3 is 5.97 Å². The molecule has 0 radical (unpaired) electrons. The number of carbonyl (C=O) groups is 4. The number of aromatic nitrogens is 2. The molecule has 3 amide bonds. The van der Waals surface area contributed by atoms with Crippen molar-refractivity contribution in [3.63, 3.8) is 0 Å². The van der Waals surface area contributed by atoms with Crippen LogP contribution >= 0.6 is 0 Å². The van der Waals surface area contributed by atoms with Crippen LogP contribution in [0.3, 0.4) is 0 Å². The van der Waals surface area contributed by atoms with Crippen molar-refractivity contribution in [3.05, 3.63) is 90.0 Å². The van der Waals surface area contributed by atoms with Crippen LogP contribution in [-0.4, -0.2) is 62.9 Å². The highest BCUT2D eigenvalue weighted by Crippen LogP contribution is 2.12. The second-order valence-electron chi connectivity index (χ2n) is 10.1. The zero-order chi connectivity index (χ0) is 29.8. The third-order valence-electron chi connectivity index (χ3n) is 6.94. The normalized spacial score (nSPS) is 14.6. The minimum Gasteiger partial charge on any atom is -0.480 e. The van der Waals surface area contributed by atoms with Gasteiger partial charge in [-0.3, -0.25) is 14.4 Å². The summed E-state index contributed by atoms with van der Waals surface area (Å²) < 4.78 is 0. The Balaban J connectivity index is 1.77. The van der Waals surface area contributed by atoms with E-state index >= 15 is 0 Å². The minimum atomic E-state index is -1.20. The van der Waals surface area contributed by atoms with Crippen molar-refractivity contribution < 1.29 is 24.3 Å². The van der Waals surface area contributed by atoms with Crippen molar-refractivity contribution in [2.75, 3.05) is 0 Å². The van der Waals surface area contributed by atoms with Gasteiger partial charge in [0, 0.05) is 31.2 Å². The lowest BCUT2D eigenvalue weighted by Crippen LogP contribution is -2.59. The first-order valence-electron chi connectivity index (χ1n) is 13.6. The molecule has 1 aromatic heterocycles. The number of carbonyl (C=O) groups excluding carboxylic acids is 3. The van der Waals surface area contributed by atoms with Crippen LogP contribution in [0.25, 0.3) is 0 Å². The van der Waals surface area contributed by atoms with Crippen LogP contribution in [0.5, 0.6) is 0 Å². The highest BCUT2D eigenvalue weighted by Gasteiger charge is 2.32. The molecule has 5 atom stereocenters. The Morgan fingerprint density at radius 1 is 0.829 bits per heavy atom. The van der Waals surface area contributed by atoms with E-state index < -0.39 is 47.9 Å². The fourth-order valence-corrected chi connectivity index (χ4v) is 4.33. The molecule has 11 heteroatoms. The number of amides is 3. The molecule has 1 heterocycles. The number of aromatic amines is 1. The van der Waals surface area contributed by atoms with Gasteiger partial charge in [0.1, 0.15) is 18.1 Å². The van der Waals surface area contributed by atoms with Gasteiger partial charge in [-0.1, -0.05) is 80.9 Å². The number of aliphatic carboxylic acids is 1. The molecular formula is C30H38N6O5. The number of carboxylic acid groups (broad SMARTS) is 1. The molecule has 11 nitrogen and oxygen atoms in total. The molecule has 218 valence electrons. The Morgan fingerprint density at radius 3 is 1.90 bits per heavy atom. The second kappa shape index (κ2) is 15.3. The van der Waals surface area contributed by atoms with Crippen LogP contribution in [0.1, 0.15) is 37.1 Å². The fourth-order valence-electron chi connectivity index (χ4n) is 4.33. The molecule has 3 rings (SSSR count). The number of H-pyrrole nitrogens is 1. The van der Waals surface area contributed by atoms with Crippen molar-refractivity contribution in [1.82, 2.24) is 25.9 Å². The van der Waals surface area contributed by atoms with Gasteiger partial charge in [0.25, 0.3) is 0 Å². The maximum Gasteiger partial charge on any atom is 0.326 e. The van der Waals surface area contributed by atoms with Gasteiger partial charge in [-0.2, -0.15) is 0 Å². The van der Waals surface area contributed by atoms with E-state index in [0.717, 1.165) is 11.1 Å². The van der Waals surface area contributed by atoms with Crippen LogP contribution in [0.2, 0.25) is 0 Å². The predicted molar refractivity (Wildman–Crippen MR) is 153 cm³/mol. The van der Waals surface area contributed by atoms with E-state index in [1.54, 1.807) is 30.5 Å². The standard InChI is InChI=1S/C30H38N6O5/c1-3-19(2)26(36-27(37)23(31)16-22-17-32-18-33-22)29(39)34-24(14-20-10-6-4-7-11-20)28(38)35-25(30(40)41)15-21-12-8-5-9-13-21/h4-13,17-19,23-26H,3,14-16,31H2,1-2H3,(H,32,33)(H,34,39)(H,35,38)(H,36,37)(H,40,41). The molecule has 0 aliphatic carbocycles. The quantitative estimate of drug-likeness (QED) is 0.162. The SMILES string of the molecule is CCC(C)C(NC(=O)C(N)Cc1cnc[nH]1)C(=O)NC(Cc1ccccc1)C(=O)NC(Cc1ccccc1)C(=O)O. The third-order valence-corrected chi connectivity index (χ3v) is 6.94. The van der Waals surface area contributed by atoms with Crippen LogP contribution in [-0.2, 0) is 38.4 Å². The molecule has 0 bridgehead atoms. The molecule has 0 aliphatic rings. The number of nitrogens with zero attached hydrogens (tertiary/aromatic N) is 1. The van der Waals surface area contributed by atoms with Crippen molar-refractivity contribution in [2.45, 2.75) is 63.7 Å². The lowest BCUT2D eigenvalue weighted by Gasteiger charge is -2.28. The van der Waals surface area contributed by atoms with Gasteiger partial charge in [0.15, 0.2) is 0 Å². The van der Waals surface area contributed by atoms with Gasteiger partial charge in [-0.25, -0.2) is 9.78 Å². The molecule has 0 saturated heterocycles. The maximum absolute atomic E-state index is 13.6. The average molecular weight is 563 g/mol. The van der Waals surface area contributed by atoms with Crippen molar-refractivity contribution in [1.29, 1.82) is 0 Å². The number of rotatable bonds is 15. The maximum atomic E-state index is 13.6. The Morgan fingerprint density at radius 2 is 1.39 bits per heavy atom. The fraction of sp³-hybridized carbons (Fsp3) is 0.367. The predicted octanol–water partition coefficient (Wildman–Crippen LogP) is 1.35. The Labute approximate surface area is 239 Å². The van der Waals surface area contributed by atoms with E-state index in [1.165, 1.54) is 6.33 Å². The molecule has 0 saturated carbocycles. The summed E-state index contributed by atoms with van der Waals surface area (Å²) in [7, 11) is 0. The first-order valence-corrected chi connectivity index (χ1v) is 13.6. The number of nitrogens with two attached hydrogens (primary N) is 1. The smallest absolute Gasteiger partial charge is 0.326 e. The number of benzene rings is 2. The minimum absolute atomic E-state index is 0.0771. The summed E-state index contributed by atoms with van der Waals surface area (Å²) in [4.78, 5) is 58.8. The summed E-state index contributed by atoms with van der Waals surface area (Å²) in [6, 6.07) is 13.9. The molecule has 2 aromatic carbocycles. The zero-order valence-electron chi connectivity index (χ0n) is 23.2. The Hall–Kier alpha value is -4.51. The molecule has 41 heavy (non-hydrogen) atoms. The lowest BCUT2D eigenvalue weighted by atomic mass is 9.96. The summed E-state index contributed by atoms with van der Waals surface area (Å²) >= 11 is 0. The van der Waals surface area contributed by atoms with E-state index in [0.29, 0.717) is 12.1 Å². The molecule has 7 N–H and O–H groups in total. The molecule has 5 unspecified atom stereocenters. The molecule has 3 aromatic rings. The second-order valence-corrected chi connectivity index (χ2v) is 10.1. The largest absolute Gasteiger partial charge is 0.480 e. The number of nitrogens with one attached hydrogen (secondary N) is 4. The first kappa shape index (κ1) is 31.0. The van der Waals surface area contributed by atoms with Gasteiger partial charge in [0.05, 0.1) is 12.4 Å². The number of imidazole rings is 1. The van der Waals surface area contributed by atoms with Crippen LogP contribution in [0.4, 0.5) is 0 Å². The summed E-state index contributed by atoms with van der Waals surface area (Å²) in [6.07, 6.45) is 4.03. The van der Waals surface area contributed by atoms with Gasteiger partial charge in [-0.15, -0.1) is 0 Å². The molecule has 0 fully saturated rings. The van der Waals surface area contributed by atoms with E-state index in [-0.39, 0.29) is 25.2 Å². The Bertz CT molecular complexity index is 1270. The average Bonchev–Trinajstić information content (AvgIpc) is 3.48. The van der Waals surface area contributed by atoms with E-state index in [9.17, 15) is 24.3 Å². The van der Waals surface area contributed by atoms with Gasteiger partial charge in [-0.05, 0) is 17.0 Å². The van der Waals surface area contributed by atoms with Crippen molar-refractivity contribution >= 4 is 23.7 Å². The molecule has 0 aliphatic heterocycles. The van der Waals surface area contributed by atoms with Crippen LogP contribution in [0, 0.1) is 5.92 Å². The summed E-state index contributed by atoms with van der Waals surface area (Å²) in [5, 5.41) is 17.9. The first-order chi connectivity index (χ1) is 19.7. The van der Waals surface area contributed by atoms with E-state index in [2.05, 4.69) is 25.9 Å². The van der Waals surface area contributed by atoms with Gasteiger partial charge < -0.3 is 31.8 Å². The zero-order valence-corrected chi connectivity index (χ0v) is 23.2. The molecular weight excluding hydrogens is 524 g/mol. The lowest BCUT2D eigenvalue weighted by molar-refractivity contribution is -0.142. The number of hydrogen-bond acceptors (Lipinski definition) is 6. The number of carboxylic acids is 1. The summed E-state index contributed by atoms with van der Waals surface area (Å²) in [5.74, 6) is -3.19. The van der Waals surface area contributed by atoms with Crippen LogP contribution < -0.4 is 21.7 Å². The van der Waals surface area contributed by atoms with E-state index in [1.807, 2.05) is 50.2 Å². The van der Waals surface area contributed by atoms with Gasteiger partial charge in [0.2, 0.25) is 17.7 Å². The Kier molecular flexibility index (Phi) is 11.6. The van der Waals surface area contributed by atoms with Crippen molar-refractivity contribution in [2.24, 2.45) is 11.7 Å². The highest BCUT2D eigenvalue weighted by atomic mass is 16.4. The highest BCUT2D eigenvalue weighted by molar-refractivity contribution is 5.94. The number of hydrogen-bond donors (Lipinski definition) is 6. The topological polar surface area (TPSA) is 179 Å². The van der Waals surface area contributed by atoms with E-state index in [4.69, 9.17) is 5.73 Å². The van der Waals surface area contributed by atoms with Crippen LogP contribution in [0.15, 0.2) is 73.2 Å². The monoisotopic (exact) mass is 562 g/mol. The summed E-state index contributed by atoms with van der Waals surface area (Å²) in [5.41, 5.74) is 8.28. The molecule has 0 spiro atoms. The third kappa shape index (κ3) is 9.57. The summed E-state index contributed by atoms with van der Waals surface area (Å²) in [6.45, 7) is 3.70. The van der Waals surface area contributed by atoms with Crippen molar-refractivity contribution in [3.8, 4) is 0 Å².